The number of hydrogen-bond acceptors (Lipinski definition) is 1. The highest BCUT2D eigenvalue weighted by Gasteiger charge is 2.21. The molecule has 1 unspecified atom stereocenters. The Morgan fingerprint density at radius 2 is 1.75 bits per heavy atom. The smallest absolute Gasteiger partial charge is 0.0499 e. The van der Waals surface area contributed by atoms with Crippen LogP contribution < -0.4 is 5.73 Å². The Kier molecular flexibility index (Phi) is 4.02. The fourth-order valence-electron chi connectivity index (χ4n) is 3.07. The Labute approximate surface area is 129 Å². The van der Waals surface area contributed by atoms with Crippen molar-refractivity contribution in [3.8, 4) is 11.1 Å². The average molecular weight is 306 g/mol. The topological polar surface area (TPSA) is 26.0 Å². The lowest BCUT2D eigenvalue weighted by atomic mass is 9.80. The molecule has 0 heterocycles. The summed E-state index contributed by atoms with van der Waals surface area (Å²) in [5.74, 6) is 0.597. The summed E-state index contributed by atoms with van der Waals surface area (Å²) in [5.41, 5.74) is 10.7. The van der Waals surface area contributed by atoms with E-state index in [9.17, 15) is 0 Å². The van der Waals surface area contributed by atoms with E-state index in [0.717, 1.165) is 31.4 Å². The quantitative estimate of drug-likeness (QED) is 0.853. The predicted octanol–water partition coefficient (Wildman–Crippen LogP) is 4.72. The van der Waals surface area contributed by atoms with Crippen LogP contribution in [0.1, 0.15) is 17.5 Å². The zero-order valence-corrected chi connectivity index (χ0v) is 12.7. The molecule has 0 bridgehead atoms. The van der Waals surface area contributed by atoms with Gasteiger partial charge >= 0.3 is 0 Å². The van der Waals surface area contributed by atoms with Crippen LogP contribution in [0.2, 0.25) is 10.0 Å². The van der Waals surface area contributed by atoms with Gasteiger partial charge in [0.05, 0.1) is 0 Å². The Balaban J connectivity index is 2.13. The summed E-state index contributed by atoms with van der Waals surface area (Å²) < 4.78 is 0. The SMILES string of the molecule is NCC1CCc2c(cccc2-c2c(Cl)cccc2Cl)C1. The van der Waals surface area contributed by atoms with Crippen LogP contribution >= 0.6 is 23.2 Å². The molecule has 0 amide bonds. The van der Waals surface area contributed by atoms with Gasteiger partial charge in [-0.3, -0.25) is 0 Å². The zero-order chi connectivity index (χ0) is 14.1. The van der Waals surface area contributed by atoms with Crippen LogP contribution in [-0.2, 0) is 12.8 Å². The van der Waals surface area contributed by atoms with Gasteiger partial charge in [0.2, 0.25) is 0 Å². The molecule has 3 heteroatoms. The second kappa shape index (κ2) is 5.77. The molecule has 3 rings (SSSR count). The van der Waals surface area contributed by atoms with E-state index in [2.05, 4.69) is 18.2 Å². The minimum Gasteiger partial charge on any atom is -0.330 e. The van der Waals surface area contributed by atoms with Crippen molar-refractivity contribution in [2.45, 2.75) is 19.3 Å². The molecule has 0 spiro atoms. The van der Waals surface area contributed by atoms with Gasteiger partial charge in [0.25, 0.3) is 0 Å². The fourth-order valence-corrected chi connectivity index (χ4v) is 3.67. The molecule has 0 radical (unpaired) electrons. The normalized spacial score (nSPS) is 17.9. The van der Waals surface area contributed by atoms with Gasteiger partial charge in [0, 0.05) is 15.6 Å². The van der Waals surface area contributed by atoms with Crippen LogP contribution in [0.25, 0.3) is 11.1 Å². The summed E-state index contributed by atoms with van der Waals surface area (Å²) in [4.78, 5) is 0. The van der Waals surface area contributed by atoms with Crippen molar-refractivity contribution in [1.29, 1.82) is 0 Å². The van der Waals surface area contributed by atoms with Gasteiger partial charge in [0.1, 0.15) is 0 Å². The molecule has 104 valence electrons. The van der Waals surface area contributed by atoms with Gasteiger partial charge in [-0.1, -0.05) is 47.5 Å². The van der Waals surface area contributed by atoms with Gasteiger partial charge in [-0.2, -0.15) is 0 Å². The summed E-state index contributed by atoms with van der Waals surface area (Å²) in [5, 5.41) is 1.43. The van der Waals surface area contributed by atoms with Crippen LogP contribution in [0.5, 0.6) is 0 Å². The Bertz CT molecular complexity index is 617. The molecule has 0 aliphatic heterocycles. The maximum atomic E-state index is 6.36. The molecule has 2 N–H and O–H groups in total. The number of halogens is 2. The van der Waals surface area contributed by atoms with Gasteiger partial charge in [-0.05, 0) is 60.5 Å². The standard InChI is InChI=1S/C17H17Cl2N/c18-15-5-2-6-16(19)17(15)14-4-1-3-12-9-11(10-20)7-8-13(12)14/h1-6,11H,7-10,20H2. The van der Waals surface area contributed by atoms with Crippen LogP contribution in [0, 0.1) is 5.92 Å². The summed E-state index contributed by atoms with van der Waals surface area (Å²) in [6.45, 7) is 0.760. The number of nitrogens with two attached hydrogens (primary N) is 1. The minimum absolute atomic E-state index is 0.597. The third kappa shape index (κ3) is 2.46. The summed E-state index contributed by atoms with van der Waals surface area (Å²) >= 11 is 12.7. The van der Waals surface area contributed by atoms with E-state index in [1.165, 1.54) is 16.7 Å². The number of hydrogen-bond donors (Lipinski definition) is 1. The molecule has 1 nitrogen and oxygen atoms in total. The summed E-state index contributed by atoms with van der Waals surface area (Å²) in [6.07, 6.45) is 3.25. The first-order valence-electron chi connectivity index (χ1n) is 6.96. The highest BCUT2D eigenvalue weighted by atomic mass is 35.5. The minimum atomic E-state index is 0.597. The molecule has 20 heavy (non-hydrogen) atoms. The van der Waals surface area contributed by atoms with Crippen molar-refractivity contribution >= 4 is 23.2 Å². The van der Waals surface area contributed by atoms with Gasteiger partial charge in [-0.15, -0.1) is 0 Å². The van der Waals surface area contributed by atoms with E-state index in [0.29, 0.717) is 16.0 Å². The largest absolute Gasteiger partial charge is 0.330 e. The highest BCUT2D eigenvalue weighted by Crippen LogP contribution is 2.40. The molecule has 0 aromatic heterocycles. The van der Waals surface area contributed by atoms with E-state index in [1.807, 2.05) is 18.2 Å². The first-order chi connectivity index (χ1) is 9.70. The van der Waals surface area contributed by atoms with Crippen molar-refractivity contribution in [2.24, 2.45) is 11.7 Å². The fraction of sp³-hybridized carbons (Fsp3) is 0.294. The zero-order valence-electron chi connectivity index (χ0n) is 11.2. The maximum absolute atomic E-state index is 6.36. The molecule has 0 saturated carbocycles. The lowest BCUT2D eigenvalue weighted by molar-refractivity contribution is 0.469. The van der Waals surface area contributed by atoms with Gasteiger partial charge in [-0.25, -0.2) is 0 Å². The third-order valence-corrected chi connectivity index (χ3v) is 4.78. The van der Waals surface area contributed by atoms with E-state index < -0.39 is 0 Å². The predicted molar refractivity (Wildman–Crippen MR) is 86.5 cm³/mol. The lowest BCUT2D eigenvalue weighted by Gasteiger charge is -2.26. The molecule has 2 aromatic carbocycles. The first-order valence-corrected chi connectivity index (χ1v) is 7.71. The van der Waals surface area contributed by atoms with E-state index in [4.69, 9.17) is 28.9 Å². The molecule has 0 fully saturated rings. The molecular formula is C17H17Cl2N. The molecule has 0 saturated heterocycles. The van der Waals surface area contributed by atoms with Crippen molar-refractivity contribution in [2.75, 3.05) is 6.54 Å². The maximum Gasteiger partial charge on any atom is 0.0499 e. The molecule has 1 atom stereocenters. The summed E-state index contributed by atoms with van der Waals surface area (Å²) in [6, 6.07) is 12.1. The molecule has 2 aromatic rings. The number of rotatable bonds is 2. The second-order valence-corrected chi connectivity index (χ2v) is 6.20. The second-order valence-electron chi connectivity index (χ2n) is 5.38. The van der Waals surface area contributed by atoms with Crippen LogP contribution in [-0.4, -0.2) is 6.54 Å². The van der Waals surface area contributed by atoms with Crippen LogP contribution in [0.3, 0.4) is 0 Å². The molecule has 1 aliphatic rings. The number of fused-ring (bicyclic) bond motifs is 1. The highest BCUT2D eigenvalue weighted by molar-refractivity contribution is 6.39. The van der Waals surface area contributed by atoms with E-state index in [-0.39, 0.29) is 0 Å². The Hall–Kier alpha value is -1.02. The monoisotopic (exact) mass is 305 g/mol. The van der Waals surface area contributed by atoms with Crippen LogP contribution in [0.4, 0.5) is 0 Å². The van der Waals surface area contributed by atoms with Crippen molar-refractivity contribution in [3.63, 3.8) is 0 Å². The number of benzene rings is 2. The van der Waals surface area contributed by atoms with E-state index in [1.54, 1.807) is 0 Å². The van der Waals surface area contributed by atoms with Gasteiger partial charge < -0.3 is 5.73 Å². The summed E-state index contributed by atoms with van der Waals surface area (Å²) in [7, 11) is 0. The van der Waals surface area contributed by atoms with E-state index >= 15 is 0 Å². The first kappa shape index (κ1) is 13.9. The third-order valence-electron chi connectivity index (χ3n) is 4.15. The van der Waals surface area contributed by atoms with Crippen molar-refractivity contribution < 1.29 is 0 Å². The van der Waals surface area contributed by atoms with Crippen LogP contribution in [0.15, 0.2) is 36.4 Å². The molecule has 1 aliphatic carbocycles. The molecular weight excluding hydrogens is 289 g/mol. The Morgan fingerprint density at radius 3 is 2.45 bits per heavy atom. The Morgan fingerprint density at radius 1 is 1.05 bits per heavy atom. The lowest BCUT2D eigenvalue weighted by Crippen LogP contribution is -2.22. The average Bonchev–Trinajstić information content (AvgIpc) is 2.46. The van der Waals surface area contributed by atoms with Gasteiger partial charge in [0.15, 0.2) is 0 Å². The van der Waals surface area contributed by atoms with Crippen molar-refractivity contribution in [1.82, 2.24) is 0 Å². The van der Waals surface area contributed by atoms with Crippen molar-refractivity contribution in [3.05, 3.63) is 57.6 Å².